The molecular weight excluding hydrogens is 281 g/mol. The van der Waals surface area contributed by atoms with Crippen molar-refractivity contribution in [1.29, 1.82) is 0 Å². The molecule has 1 aromatic carbocycles. The molecule has 2 aromatic rings. The maximum Gasteiger partial charge on any atom is 0.328 e. The maximum absolute atomic E-state index is 12.7. The Hall–Kier alpha value is -2.84. The average Bonchev–Trinajstić information content (AvgIpc) is 2.97. The molecule has 1 heterocycles. The van der Waals surface area contributed by atoms with E-state index < -0.39 is 18.5 Å². The van der Waals surface area contributed by atoms with Gasteiger partial charge in [-0.3, -0.25) is 9.59 Å². The number of benzene rings is 1. The van der Waals surface area contributed by atoms with Gasteiger partial charge in [0.05, 0.1) is 0 Å². The molecule has 0 spiro atoms. The number of tetrazole rings is 1. The average molecular weight is 293 g/mol. The van der Waals surface area contributed by atoms with Crippen LogP contribution in [0.4, 0.5) is 4.39 Å². The maximum atomic E-state index is 12.7. The quantitative estimate of drug-likeness (QED) is 0.732. The Labute approximate surface area is 118 Å². The summed E-state index contributed by atoms with van der Waals surface area (Å²) in [7, 11) is 0. The molecule has 0 fully saturated rings. The zero-order valence-electron chi connectivity index (χ0n) is 10.9. The van der Waals surface area contributed by atoms with Gasteiger partial charge in [0, 0.05) is 6.54 Å². The van der Waals surface area contributed by atoms with Gasteiger partial charge >= 0.3 is 5.97 Å². The van der Waals surface area contributed by atoms with E-state index in [0.717, 1.165) is 5.56 Å². The van der Waals surface area contributed by atoms with Crippen LogP contribution in [0.2, 0.25) is 0 Å². The standard InChI is InChI=1S/C12H12FN5O3/c13-10-3-1-9(2-4-10)5-14-11(19)7-21-12(20)6-18-8-15-16-17-18/h1-4,8H,5-7H2,(H,14,19). The minimum Gasteiger partial charge on any atom is -0.454 e. The molecule has 21 heavy (non-hydrogen) atoms. The lowest BCUT2D eigenvalue weighted by molar-refractivity contribution is -0.149. The summed E-state index contributed by atoms with van der Waals surface area (Å²) in [6.07, 6.45) is 1.26. The Bertz CT molecular complexity index is 600. The van der Waals surface area contributed by atoms with Crippen LogP contribution >= 0.6 is 0 Å². The number of nitrogens with one attached hydrogen (secondary N) is 1. The molecule has 0 unspecified atom stereocenters. The van der Waals surface area contributed by atoms with E-state index in [0.29, 0.717) is 0 Å². The summed E-state index contributed by atoms with van der Waals surface area (Å²) in [4.78, 5) is 22.8. The highest BCUT2D eigenvalue weighted by Gasteiger charge is 2.08. The molecular formula is C12H12FN5O3. The second kappa shape index (κ2) is 7.08. The van der Waals surface area contributed by atoms with Gasteiger partial charge in [-0.05, 0) is 28.1 Å². The van der Waals surface area contributed by atoms with Crippen molar-refractivity contribution in [3.05, 3.63) is 42.0 Å². The summed E-state index contributed by atoms with van der Waals surface area (Å²) in [5, 5.41) is 12.8. The van der Waals surface area contributed by atoms with Gasteiger partial charge in [0.1, 0.15) is 18.7 Å². The number of carbonyl (C=O) groups excluding carboxylic acids is 2. The van der Waals surface area contributed by atoms with E-state index >= 15 is 0 Å². The van der Waals surface area contributed by atoms with Gasteiger partial charge in [0.25, 0.3) is 5.91 Å². The highest BCUT2D eigenvalue weighted by molar-refractivity contribution is 5.80. The number of amides is 1. The van der Waals surface area contributed by atoms with Crippen LogP contribution in [0.25, 0.3) is 0 Å². The van der Waals surface area contributed by atoms with E-state index in [1.807, 2.05) is 0 Å². The number of esters is 1. The molecule has 1 amide bonds. The minimum atomic E-state index is -0.626. The third-order valence-electron chi connectivity index (χ3n) is 2.45. The number of halogens is 1. The van der Waals surface area contributed by atoms with Gasteiger partial charge in [-0.1, -0.05) is 12.1 Å². The van der Waals surface area contributed by atoms with Crippen LogP contribution in [0.5, 0.6) is 0 Å². The number of hydrogen-bond donors (Lipinski definition) is 1. The van der Waals surface area contributed by atoms with Gasteiger partial charge in [-0.25, -0.2) is 9.07 Å². The molecule has 0 atom stereocenters. The number of ether oxygens (including phenoxy) is 1. The molecule has 1 N–H and O–H groups in total. The Morgan fingerprint density at radius 2 is 2.05 bits per heavy atom. The van der Waals surface area contributed by atoms with Gasteiger partial charge in [-0.2, -0.15) is 0 Å². The van der Waals surface area contributed by atoms with Crippen LogP contribution in [0.15, 0.2) is 30.6 Å². The van der Waals surface area contributed by atoms with Crippen LogP contribution in [0.3, 0.4) is 0 Å². The van der Waals surface area contributed by atoms with E-state index in [2.05, 4.69) is 20.8 Å². The fraction of sp³-hybridized carbons (Fsp3) is 0.250. The van der Waals surface area contributed by atoms with Gasteiger partial charge < -0.3 is 10.1 Å². The molecule has 1 aromatic heterocycles. The Morgan fingerprint density at radius 3 is 2.71 bits per heavy atom. The lowest BCUT2D eigenvalue weighted by Gasteiger charge is -2.06. The number of nitrogens with zero attached hydrogens (tertiary/aromatic N) is 4. The summed E-state index contributed by atoms with van der Waals surface area (Å²) >= 11 is 0. The number of aromatic nitrogens is 4. The van der Waals surface area contributed by atoms with Crippen molar-refractivity contribution in [3.63, 3.8) is 0 Å². The monoisotopic (exact) mass is 293 g/mol. The topological polar surface area (TPSA) is 99.0 Å². The molecule has 0 saturated carbocycles. The highest BCUT2D eigenvalue weighted by Crippen LogP contribution is 2.01. The molecule has 0 aliphatic rings. The molecule has 0 radical (unpaired) electrons. The SMILES string of the molecule is O=C(COC(=O)Cn1cnnn1)NCc1ccc(F)cc1. The first-order valence-electron chi connectivity index (χ1n) is 6.01. The largest absolute Gasteiger partial charge is 0.454 e. The fourth-order valence-electron chi connectivity index (χ4n) is 1.43. The van der Waals surface area contributed by atoms with Crippen molar-refractivity contribution in [1.82, 2.24) is 25.5 Å². The fourth-order valence-corrected chi connectivity index (χ4v) is 1.43. The number of carbonyl (C=O) groups is 2. The zero-order valence-corrected chi connectivity index (χ0v) is 10.9. The van der Waals surface area contributed by atoms with Crippen molar-refractivity contribution >= 4 is 11.9 Å². The van der Waals surface area contributed by atoms with Crippen molar-refractivity contribution in [3.8, 4) is 0 Å². The lowest BCUT2D eigenvalue weighted by Crippen LogP contribution is -2.29. The summed E-state index contributed by atoms with van der Waals surface area (Å²) in [5.74, 6) is -1.43. The summed E-state index contributed by atoms with van der Waals surface area (Å²) in [6, 6.07) is 5.71. The Kier molecular flexibility index (Phi) is 4.91. The van der Waals surface area contributed by atoms with Crippen LogP contribution in [-0.4, -0.2) is 38.7 Å². The van der Waals surface area contributed by atoms with E-state index in [1.165, 1.54) is 23.1 Å². The Morgan fingerprint density at radius 1 is 1.29 bits per heavy atom. The molecule has 0 aliphatic heterocycles. The van der Waals surface area contributed by atoms with Gasteiger partial charge in [-0.15, -0.1) is 5.10 Å². The van der Waals surface area contributed by atoms with Gasteiger partial charge in [0.15, 0.2) is 6.61 Å². The predicted molar refractivity (Wildman–Crippen MR) is 67.0 cm³/mol. The highest BCUT2D eigenvalue weighted by atomic mass is 19.1. The first kappa shape index (κ1) is 14.6. The van der Waals surface area contributed by atoms with E-state index in [-0.39, 0.29) is 18.9 Å². The van der Waals surface area contributed by atoms with E-state index in [1.54, 1.807) is 12.1 Å². The minimum absolute atomic E-state index is 0.168. The molecule has 8 nitrogen and oxygen atoms in total. The zero-order chi connectivity index (χ0) is 15.1. The predicted octanol–water partition coefficient (Wildman–Crippen LogP) is -0.328. The van der Waals surface area contributed by atoms with E-state index in [9.17, 15) is 14.0 Å². The Balaban J connectivity index is 1.67. The third kappa shape index (κ3) is 4.97. The molecule has 110 valence electrons. The summed E-state index contributed by atoms with van der Waals surface area (Å²) in [5.41, 5.74) is 0.741. The normalized spacial score (nSPS) is 10.1. The second-order valence-corrected chi connectivity index (χ2v) is 4.07. The van der Waals surface area contributed by atoms with Crippen molar-refractivity contribution < 1.29 is 18.7 Å². The third-order valence-corrected chi connectivity index (χ3v) is 2.45. The molecule has 0 bridgehead atoms. The van der Waals surface area contributed by atoms with Crippen LogP contribution in [0, 0.1) is 5.82 Å². The first-order valence-corrected chi connectivity index (χ1v) is 6.01. The lowest BCUT2D eigenvalue weighted by atomic mass is 10.2. The molecule has 0 aliphatic carbocycles. The van der Waals surface area contributed by atoms with Crippen LogP contribution in [0.1, 0.15) is 5.56 Å². The van der Waals surface area contributed by atoms with E-state index in [4.69, 9.17) is 4.74 Å². The van der Waals surface area contributed by atoms with Gasteiger partial charge in [0.2, 0.25) is 0 Å². The number of hydrogen-bond acceptors (Lipinski definition) is 6. The molecule has 2 rings (SSSR count). The molecule has 9 heteroatoms. The smallest absolute Gasteiger partial charge is 0.328 e. The second-order valence-electron chi connectivity index (χ2n) is 4.07. The van der Waals surface area contributed by atoms with Crippen LogP contribution < -0.4 is 5.32 Å². The van der Waals surface area contributed by atoms with Crippen molar-refractivity contribution in [2.75, 3.05) is 6.61 Å². The van der Waals surface area contributed by atoms with Crippen LogP contribution in [-0.2, 0) is 27.4 Å². The molecule has 0 saturated heterocycles. The van der Waals surface area contributed by atoms with Crippen molar-refractivity contribution in [2.24, 2.45) is 0 Å². The summed E-state index contributed by atoms with van der Waals surface area (Å²) < 4.78 is 18.6. The summed E-state index contributed by atoms with van der Waals surface area (Å²) in [6.45, 7) is -0.343. The van der Waals surface area contributed by atoms with Crippen molar-refractivity contribution in [2.45, 2.75) is 13.1 Å². The first-order chi connectivity index (χ1) is 10.1. The number of rotatable bonds is 6.